The van der Waals surface area contributed by atoms with E-state index in [1.165, 1.54) is 7.11 Å². The Bertz CT molecular complexity index is 1530. The van der Waals surface area contributed by atoms with E-state index in [4.69, 9.17) is 32.8 Å². The van der Waals surface area contributed by atoms with Crippen LogP contribution in [0.4, 0.5) is 0 Å². The average molecular weight is 634 g/mol. The van der Waals surface area contributed by atoms with E-state index in [9.17, 15) is 18.0 Å². The van der Waals surface area contributed by atoms with Crippen LogP contribution in [-0.2, 0) is 27.1 Å². The van der Waals surface area contributed by atoms with Crippen molar-refractivity contribution in [1.82, 2.24) is 20.1 Å². The Hall–Kier alpha value is -3.22. The van der Waals surface area contributed by atoms with E-state index in [2.05, 4.69) is 15.2 Å². The number of hydroxylamine groups is 1. The Balaban J connectivity index is 1.55. The van der Waals surface area contributed by atoms with Gasteiger partial charge in [-0.05, 0) is 53.8 Å². The minimum Gasteiger partial charge on any atom is -0.481 e. The Labute approximate surface area is 255 Å². The van der Waals surface area contributed by atoms with Crippen LogP contribution in [-0.4, -0.2) is 49.3 Å². The number of carbonyl (C=O) groups excluding carboxylic acids is 2. The van der Waals surface area contributed by atoms with E-state index >= 15 is 0 Å². The third kappa shape index (κ3) is 6.40. The van der Waals surface area contributed by atoms with Gasteiger partial charge in [-0.15, -0.1) is 0 Å². The van der Waals surface area contributed by atoms with E-state index in [1.807, 2.05) is 0 Å². The molecule has 1 saturated carbocycles. The minimum absolute atomic E-state index is 0.0390. The van der Waals surface area contributed by atoms with Crippen molar-refractivity contribution in [2.24, 2.45) is 0 Å². The maximum Gasteiger partial charge on any atom is 0.255 e. The number of hydrogen-bond donors (Lipinski definition) is 3. The molecule has 10 nitrogen and oxygen atoms in total. The third-order valence-electron chi connectivity index (χ3n) is 7.72. The van der Waals surface area contributed by atoms with Gasteiger partial charge < -0.3 is 9.64 Å². The van der Waals surface area contributed by atoms with Crippen molar-refractivity contribution in [2.45, 2.75) is 56.3 Å². The second-order valence-corrected chi connectivity index (χ2v) is 11.8. The smallest absolute Gasteiger partial charge is 0.255 e. The van der Waals surface area contributed by atoms with E-state index < -0.39 is 40.8 Å². The highest BCUT2D eigenvalue weighted by atomic mass is 35.5. The van der Waals surface area contributed by atoms with Crippen molar-refractivity contribution in [3.63, 3.8) is 0 Å². The topological polar surface area (TPSA) is 127 Å². The predicted molar refractivity (Wildman–Crippen MR) is 158 cm³/mol. The SMILES string of the molecule is COc1ccc(CONC(=O)[C@@H]2c3ccccc3C(=O)N(C3CCCC[C@@H]3N[SH](=O)=O)[C@H]2c2ccc(Cl)cc2Cl)cn1. The maximum absolute atomic E-state index is 14.2. The number of halogens is 2. The number of pyridine rings is 1. The van der Waals surface area contributed by atoms with Gasteiger partial charge in [0.2, 0.25) is 16.8 Å². The van der Waals surface area contributed by atoms with Crippen LogP contribution < -0.4 is 14.9 Å². The number of aromatic nitrogens is 1. The quantitative estimate of drug-likeness (QED) is 0.236. The predicted octanol–water partition coefficient (Wildman–Crippen LogP) is 4.35. The summed E-state index contributed by atoms with van der Waals surface area (Å²) in [6.07, 6.45) is 4.28. The zero-order chi connectivity index (χ0) is 29.8. The first-order chi connectivity index (χ1) is 20.3. The lowest BCUT2D eigenvalue weighted by molar-refractivity contribution is -0.138. The van der Waals surface area contributed by atoms with E-state index in [1.54, 1.807) is 65.7 Å². The molecule has 2 amide bonds. The third-order valence-corrected chi connectivity index (χ3v) is 8.82. The van der Waals surface area contributed by atoms with Gasteiger partial charge in [0.05, 0.1) is 19.1 Å². The number of hydrogen-bond acceptors (Lipinski definition) is 7. The molecule has 2 heterocycles. The molecule has 42 heavy (non-hydrogen) atoms. The number of amides is 2. The molecule has 0 radical (unpaired) electrons. The van der Waals surface area contributed by atoms with E-state index in [-0.39, 0.29) is 17.5 Å². The lowest BCUT2D eigenvalue weighted by Crippen LogP contribution is -2.58. The molecule has 5 rings (SSSR count). The summed E-state index contributed by atoms with van der Waals surface area (Å²) < 4.78 is 31.2. The van der Waals surface area contributed by atoms with Crippen LogP contribution in [0.1, 0.15) is 64.7 Å². The fraction of sp³-hybridized carbons (Fsp3) is 0.345. The first-order valence-corrected chi connectivity index (χ1v) is 15.4. The fourth-order valence-electron chi connectivity index (χ4n) is 5.87. The molecule has 2 aliphatic rings. The van der Waals surface area contributed by atoms with Crippen molar-refractivity contribution in [1.29, 1.82) is 0 Å². The van der Waals surface area contributed by atoms with Crippen molar-refractivity contribution in [3.8, 4) is 5.88 Å². The molecule has 222 valence electrons. The van der Waals surface area contributed by atoms with Crippen LogP contribution in [0.3, 0.4) is 0 Å². The number of ether oxygens (including phenoxy) is 1. The van der Waals surface area contributed by atoms with Crippen LogP contribution in [0.15, 0.2) is 60.8 Å². The van der Waals surface area contributed by atoms with Crippen LogP contribution in [0.25, 0.3) is 0 Å². The summed E-state index contributed by atoms with van der Waals surface area (Å²) in [5, 5.41) is 0.679. The summed E-state index contributed by atoms with van der Waals surface area (Å²) in [6, 6.07) is 13.4. The maximum atomic E-state index is 14.2. The molecule has 1 aliphatic carbocycles. The second kappa shape index (κ2) is 13.4. The Morgan fingerprint density at radius 2 is 1.86 bits per heavy atom. The number of carbonyl (C=O) groups is 2. The number of thiol groups is 1. The van der Waals surface area contributed by atoms with Gasteiger partial charge in [-0.2, -0.15) is 0 Å². The van der Waals surface area contributed by atoms with Crippen LogP contribution >= 0.6 is 23.2 Å². The van der Waals surface area contributed by atoms with Gasteiger partial charge >= 0.3 is 0 Å². The lowest BCUT2D eigenvalue weighted by Gasteiger charge is -2.49. The standard InChI is InChI=1S/C29H30Cl2N4O6S/c1-40-25-13-10-17(15-32-25)16-41-33-28(36)26-19-6-2-3-7-20(19)29(37)35(24-9-5-4-8-23(24)34-42(38)39)27(26)21-12-11-18(30)14-22(21)31/h2-3,6-7,10-15,23-24,26-27,42H,4-5,8-9,16H2,1H3,(H,33,36)(H,34,38,39)/t23-,24?,26+,27-/m0/s1. The van der Waals surface area contributed by atoms with Gasteiger partial charge in [-0.3, -0.25) is 14.4 Å². The summed E-state index contributed by atoms with van der Waals surface area (Å²) in [5.74, 6) is -1.29. The highest BCUT2D eigenvalue weighted by molar-refractivity contribution is 7.70. The molecule has 2 aromatic carbocycles. The van der Waals surface area contributed by atoms with Gasteiger partial charge in [-0.25, -0.2) is 23.6 Å². The molecule has 0 bridgehead atoms. The number of methoxy groups -OCH3 is 1. The summed E-state index contributed by atoms with van der Waals surface area (Å²) in [7, 11) is -1.40. The van der Waals surface area contributed by atoms with Gasteiger partial charge in [-0.1, -0.05) is 60.3 Å². The molecule has 2 N–H and O–H groups in total. The summed E-state index contributed by atoms with van der Waals surface area (Å²) in [5.41, 5.74) is 4.65. The molecule has 1 aromatic heterocycles. The van der Waals surface area contributed by atoms with Crippen molar-refractivity contribution in [2.75, 3.05) is 7.11 Å². The highest BCUT2D eigenvalue weighted by Gasteiger charge is 2.49. The zero-order valence-corrected chi connectivity index (χ0v) is 25.1. The van der Waals surface area contributed by atoms with Crippen LogP contribution in [0.2, 0.25) is 10.0 Å². The largest absolute Gasteiger partial charge is 0.481 e. The zero-order valence-electron chi connectivity index (χ0n) is 22.7. The summed E-state index contributed by atoms with van der Waals surface area (Å²) in [4.78, 5) is 39.6. The first kappa shape index (κ1) is 30.2. The molecule has 4 atom stereocenters. The van der Waals surface area contributed by atoms with Crippen LogP contribution in [0, 0.1) is 0 Å². The minimum atomic E-state index is -2.92. The lowest BCUT2D eigenvalue weighted by atomic mass is 9.76. The van der Waals surface area contributed by atoms with Crippen molar-refractivity contribution >= 4 is 45.9 Å². The van der Waals surface area contributed by atoms with E-state index in [0.29, 0.717) is 46.0 Å². The molecule has 0 saturated heterocycles. The molecule has 13 heteroatoms. The van der Waals surface area contributed by atoms with Crippen molar-refractivity contribution in [3.05, 3.63) is 93.1 Å². The van der Waals surface area contributed by atoms with Crippen molar-refractivity contribution < 1.29 is 27.6 Å². The van der Waals surface area contributed by atoms with Gasteiger partial charge in [0.1, 0.15) is 6.61 Å². The monoisotopic (exact) mass is 632 g/mol. The molecular formula is C29H30Cl2N4O6S. The number of benzene rings is 2. The Morgan fingerprint density at radius 3 is 2.57 bits per heavy atom. The van der Waals surface area contributed by atoms with Gasteiger partial charge in [0, 0.05) is 40.0 Å². The molecule has 1 fully saturated rings. The summed E-state index contributed by atoms with van der Waals surface area (Å²) >= 11 is 12.9. The van der Waals surface area contributed by atoms with Gasteiger partial charge in [0.25, 0.3) is 11.8 Å². The fourth-order valence-corrected chi connectivity index (χ4v) is 6.96. The van der Waals surface area contributed by atoms with Gasteiger partial charge in [0.15, 0.2) is 0 Å². The molecule has 0 spiro atoms. The molecule has 1 aliphatic heterocycles. The number of nitrogens with one attached hydrogen (secondary N) is 2. The number of rotatable bonds is 9. The average Bonchev–Trinajstić information content (AvgIpc) is 2.98. The second-order valence-electron chi connectivity index (χ2n) is 10.2. The molecular weight excluding hydrogens is 603 g/mol. The number of fused-ring (bicyclic) bond motifs is 1. The molecule has 3 aromatic rings. The Morgan fingerprint density at radius 1 is 1.07 bits per heavy atom. The normalized spacial score (nSPS) is 22.1. The highest BCUT2D eigenvalue weighted by Crippen LogP contribution is 2.47. The van der Waals surface area contributed by atoms with E-state index in [0.717, 1.165) is 12.8 Å². The number of nitrogens with zero attached hydrogens (tertiary/aromatic N) is 2. The first-order valence-electron chi connectivity index (χ1n) is 13.5. The Kier molecular flexibility index (Phi) is 9.64. The molecule has 1 unspecified atom stereocenters. The summed E-state index contributed by atoms with van der Waals surface area (Å²) in [6.45, 7) is 0.0390. The van der Waals surface area contributed by atoms with Crippen LogP contribution in [0.5, 0.6) is 5.88 Å².